The molecule has 0 radical (unpaired) electrons. The molecule has 2 aliphatic rings. The zero-order chi connectivity index (χ0) is 22.9. The Morgan fingerprint density at radius 2 is 1.88 bits per heavy atom. The van der Waals surface area contributed by atoms with Crippen LogP contribution in [0, 0.1) is 23.2 Å². The van der Waals surface area contributed by atoms with Gasteiger partial charge in [0.25, 0.3) is 0 Å². The predicted octanol–water partition coefficient (Wildman–Crippen LogP) is 3.30. The second-order valence-electron chi connectivity index (χ2n) is 8.93. The molecule has 3 atom stereocenters. The number of anilines is 2. The maximum absolute atomic E-state index is 13.6. The minimum absolute atomic E-state index is 0.0835. The number of hydrogen-bond donors (Lipinski definition) is 2. The molecule has 32 heavy (non-hydrogen) atoms. The molecule has 0 bridgehead atoms. The molecule has 2 aliphatic heterocycles. The van der Waals surface area contributed by atoms with E-state index >= 15 is 0 Å². The summed E-state index contributed by atoms with van der Waals surface area (Å²) in [5.74, 6) is -1.86. The lowest BCUT2D eigenvalue weighted by molar-refractivity contribution is -0.141. The summed E-state index contributed by atoms with van der Waals surface area (Å²) in [6.07, 6.45) is 0.564. The Hall–Kier alpha value is -3.66. The fraction of sp³-hybridized carbons (Fsp3) is 0.360. The van der Waals surface area contributed by atoms with Crippen LogP contribution in [0.3, 0.4) is 0 Å². The van der Waals surface area contributed by atoms with Crippen LogP contribution in [0.2, 0.25) is 0 Å². The van der Waals surface area contributed by atoms with Crippen LogP contribution in [-0.2, 0) is 19.8 Å². The summed E-state index contributed by atoms with van der Waals surface area (Å²) in [6.45, 7) is 3.98. The number of carbonyl (C=O) groups is 3. The summed E-state index contributed by atoms with van der Waals surface area (Å²) in [6, 6.07) is 17.8. The van der Waals surface area contributed by atoms with Gasteiger partial charge < -0.3 is 15.5 Å². The first kappa shape index (κ1) is 21.6. The largest absolute Gasteiger partial charge is 0.325 e. The van der Waals surface area contributed by atoms with Crippen molar-refractivity contribution in [3.8, 4) is 6.07 Å². The molecule has 1 fully saturated rings. The third-order valence-electron chi connectivity index (χ3n) is 6.28. The Kier molecular flexibility index (Phi) is 5.70. The average molecular weight is 431 g/mol. The lowest BCUT2D eigenvalue weighted by Gasteiger charge is -2.27. The quantitative estimate of drug-likeness (QED) is 0.711. The van der Waals surface area contributed by atoms with Gasteiger partial charge in [0.15, 0.2) is 0 Å². The van der Waals surface area contributed by atoms with Crippen LogP contribution in [0.15, 0.2) is 54.6 Å². The first-order valence-corrected chi connectivity index (χ1v) is 10.8. The van der Waals surface area contributed by atoms with Crippen molar-refractivity contribution in [3.63, 3.8) is 0 Å². The van der Waals surface area contributed by atoms with Crippen LogP contribution in [-0.4, -0.2) is 35.2 Å². The van der Waals surface area contributed by atoms with Gasteiger partial charge in [-0.15, -0.1) is 0 Å². The van der Waals surface area contributed by atoms with Gasteiger partial charge in [-0.25, -0.2) is 0 Å². The number of nitrogens with zero attached hydrogens (tertiary/aromatic N) is 2. The summed E-state index contributed by atoms with van der Waals surface area (Å²) in [5, 5.41) is 15.5. The molecule has 1 spiro atoms. The Morgan fingerprint density at radius 1 is 1.19 bits per heavy atom. The summed E-state index contributed by atoms with van der Waals surface area (Å²) in [5.41, 5.74) is 1.15. The Bertz CT molecular complexity index is 1090. The molecule has 2 aromatic carbocycles. The summed E-state index contributed by atoms with van der Waals surface area (Å²) in [4.78, 5) is 41.1. The zero-order valence-corrected chi connectivity index (χ0v) is 18.2. The van der Waals surface area contributed by atoms with E-state index in [2.05, 4.69) is 16.7 Å². The van der Waals surface area contributed by atoms with E-state index in [0.29, 0.717) is 17.8 Å². The third kappa shape index (κ3) is 3.73. The highest BCUT2D eigenvalue weighted by Gasteiger charge is 2.56. The van der Waals surface area contributed by atoms with Crippen molar-refractivity contribution in [2.75, 3.05) is 17.2 Å². The molecule has 2 heterocycles. The molecule has 7 heteroatoms. The van der Waals surface area contributed by atoms with Crippen LogP contribution in [0.1, 0.15) is 32.3 Å². The van der Waals surface area contributed by atoms with Gasteiger partial charge in [0.05, 0.1) is 11.5 Å². The lowest BCUT2D eigenvalue weighted by Crippen LogP contribution is -2.45. The Balaban J connectivity index is 1.63. The number of rotatable bonds is 5. The monoisotopic (exact) mass is 430 g/mol. The Labute approximate surface area is 187 Å². The van der Waals surface area contributed by atoms with E-state index in [0.717, 1.165) is 5.56 Å². The second kappa shape index (κ2) is 8.46. The summed E-state index contributed by atoms with van der Waals surface area (Å²) < 4.78 is 0. The molecule has 7 nitrogen and oxygen atoms in total. The number of benzene rings is 2. The van der Waals surface area contributed by atoms with Gasteiger partial charge in [-0.05, 0) is 36.1 Å². The van der Waals surface area contributed by atoms with Gasteiger partial charge in [0.2, 0.25) is 17.7 Å². The van der Waals surface area contributed by atoms with Gasteiger partial charge in [-0.1, -0.05) is 50.2 Å². The minimum atomic E-state index is -0.967. The number of likely N-dealkylation sites (tertiary alicyclic amines) is 1. The van der Waals surface area contributed by atoms with Gasteiger partial charge in [-0.3, -0.25) is 14.4 Å². The summed E-state index contributed by atoms with van der Waals surface area (Å²) in [7, 11) is 0. The molecule has 2 N–H and O–H groups in total. The van der Waals surface area contributed by atoms with E-state index in [1.54, 1.807) is 24.3 Å². The number of amides is 3. The van der Waals surface area contributed by atoms with E-state index in [-0.39, 0.29) is 24.8 Å². The van der Waals surface area contributed by atoms with E-state index in [4.69, 9.17) is 0 Å². The highest BCUT2D eigenvalue weighted by Crippen LogP contribution is 2.46. The topological polar surface area (TPSA) is 102 Å². The zero-order valence-electron chi connectivity index (χ0n) is 18.2. The molecule has 0 saturated carbocycles. The maximum Gasteiger partial charge on any atom is 0.237 e. The van der Waals surface area contributed by atoms with Crippen LogP contribution in [0.5, 0.6) is 0 Å². The highest BCUT2D eigenvalue weighted by atomic mass is 16.2. The normalized spacial score (nSPS) is 22.4. The lowest BCUT2D eigenvalue weighted by atomic mass is 9.80. The van der Waals surface area contributed by atoms with Gasteiger partial charge in [0.1, 0.15) is 12.0 Å². The standard InChI is InChI=1S/C25H26N4O3/c1-16(2)12-19(22(30)27-17-8-4-3-5-9-17)23(31)29-15-25(13-18(29)14-26)20-10-6-7-11-21(20)28-24(25)32/h3-11,16,18-19H,12-13,15H2,1-2H3,(H,27,30)(H,28,32)/t18?,19?,25-/m0/s1. The molecule has 0 aliphatic carbocycles. The number of fused-ring (bicyclic) bond motifs is 2. The van der Waals surface area contributed by atoms with Gasteiger partial charge in [0, 0.05) is 24.3 Å². The molecule has 164 valence electrons. The first-order chi connectivity index (χ1) is 15.4. The van der Waals surface area contributed by atoms with Crippen molar-refractivity contribution in [2.45, 2.75) is 38.1 Å². The molecular weight excluding hydrogens is 404 g/mol. The smallest absolute Gasteiger partial charge is 0.237 e. The van der Waals surface area contributed by atoms with E-state index < -0.39 is 29.2 Å². The predicted molar refractivity (Wildman–Crippen MR) is 120 cm³/mol. The maximum atomic E-state index is 13.6. The fourth-order valence-corrected chi connectivity index (χ4v) is 4.73. The molecule has 3 amide bonds. The van der Waals surface area contributed by atoms with Crippen molar-refractivity contribution in [1.29, 1.82) is 5.26 Å². The third-order valence-corrected chi connectivity index (χ3v) is 6.28. The van der Waals surface area contributed by atoms with Crippen molar-refractivity contribution in [3.05, 3.63) is 60.2 Å². The van der Waals surface area contributed by atoms with Crippen LogP contribution in [0.25, 0.3) is 0 Å². The SMILES string of the molecule is CC(C)CC(C(=O)Nc1ccccc1)C(=O)N1C[C@]2(CC1C#N)C(=O)Nc1ccccc12. The number of carbonyl (C=O) groups excluding carboxylic acids is 3. The fourth-order valence-electron chi connectivity index (χ4n) is 4.73. The second-order valence-corrected chi connectivity index (χ2v) is 8.93. The molecule has 2 aromatic rings. The minimum Gasteiger partial charge on any atom is -0.325 e. The molecule has 2 unspecified atom stereocenters. The van der Waals surface area contributed by atoms with E-state index in [1.165, 1.54) is 4.90 Å². The number of nitriles is 1. The molecule has 4 rings (SSSR count). The molecule has 1 saturated heterocycles. The van der Waals surface area contributed by atoms with E-state index in [9.17, 15) is 19.6 Å². The summed E-state index contributed by atoms with van der Waals surface area (Å²) >= 11 is 0. The average Bonchev–Trinajstić information content (AvgIpc) is 3.31. The highest BCUT2D eigenvalue weighted by molar-refractivity contribution is 6.09. The van der Waals surface area contributed by atoms with Crippen molar-refractivity contribution in [1.82, 2.24) is 4.90 Å². The van der Waals surface area contributed by atoms with Crippen molar-refractivity contribution < 1.29 is 14.4 Å². The van der Waals surface area contributed by atoms with Crippen molar-refractivity contribution >= 4 is 29.1 Å². The van der Waals surface area contributed by atoms with Crippen LogP contribution < -0.4 is 10.6 Å². The van der Waals surface area contributed by atoms with Crippen molar-refractivity contribution in [2.24, 2.45) is 11.8 Å². The van der Waals surface area contributed by atoms with Crippen LogP contribution >= 0.6 is 0 Å². The van der Waals surface area contributed by atoms with Gasteiger partial charge >= 0.3 is 0 Å². The molecular formula is C25H26N4O3. The number of para-hydroxylation sites is 2. The number of nitrogens with one attached hydrogen (secondary N) is 2. The molecule has 0 aromatic heterocycles. The first-order valence-electron chi connectivity index (χ1n) is 10.8. The van der Waals surface area contributed by atoms with Gasteiger partial charge in [-0.2, -0.15) is 5.26 Å². The number of hydrogen-bond acceptors (Lipinski definition) is 4. The van der Waals surface area contributed by atoms with E-state index in [1.807, 2.05) is 44.2 Å². The Morgan fingerprint density at radius 3 is 2.56 bits per heavy atom. The van der Waals surface area contributed by atoms with Crippen LogP contribution in [0.4, 0.5) is 11.4 Å².